The van der Waals surface area contributed by atoms with Gasteiger partial charge in [-0.05, 0) is 58.1 Å². The zero-order valence-electron chi connectivity index (χ0n) is 18.0. The number of Topliss-reactive ketones (excluding diaryl/α,β-unsaturated/α-hetero) is 1. The minimum atomic E-state index is -0.281. The van der Waals surface area contributed by atoms with Crippen molar-refractivity contribution in [1.82, 2.24) is 14.9 Å². The van der Waals surface area contributed by atoms with Crippen LogP contribution in [0.5, 0.6) is 0 Å². The lowest BCUT2D eigenvalue weighted by Gasteiger charge is -2.18. The van der Waals surface area contributed by atoms with E-state index < -0.39 is 0 Å². The zero-order valence-corrected chi connectivity index (χ0v) is 18.0. The van der Waals surface area contributed by atoms with E-state index in [-0.39, 0.29) is 17.7 Å². The largest absolute Gasteiger partial charge is 0.356 e. The molecule has 0 fully saturated rings. The molecule has 3 aromatic rings. The molecule has 0 saturated heterocycles. The Bertz CT molecular complexity index is 1100. The summed E-state index contributed by atoms with van der Waals surface area (Å²) in [7, 11) is 3.71. The van der Waals surface area contributed by atoms with Gasteiger partial charge in [-0.3, -0.25) is 14.5 Å². The van der Waals surface area contributed by atoms with E-state index >= 15 is 0 Å². The fraction of sp³-hybridized carbons (Fsp3) is 0.292. The Morgan fingerprint density at radius 1 is 1.16 bits per heavy atom. The number of rotatable bonds is 6. The molecule has 4 rings (SSSR count). The lowest BCUT2D eigenvalue weighted by atomic mass is 9.95. The average Bonchev–Trinajstić information content (AvgIpc) is 3.13. The quantitative estimate of drug-likeness (QED) is 0.558. The van der Waals surface area contributed by atoms with Crippen molar-refractivity contribution in [3.8, 4) is 11.3 Å². The molecule has 1 aliphatic rings. The van der Waals surface area contributed by atoms with Gasteiger partial charge in [0.2, 0.25) is 5.91 Å². The maximum atomic E-state index is 12.8. The van der Waals surface area contributed by atoms with Crippen molar-refractivity contribution in [2.24, 2.45) is 0 Å². The second kappa shape index (κ2) is 8.73. The number of anilines is 3. The number of carbonyl (C=O) groups is 2. The summed E-state index contributed by atoms with van der Waals surface area (Å²) in [6.07, 6.45) is 3.89. The van der Waals surface area contributed by atoms with Gasteiger partial charge in [0.15, 0.2) is 5.78 Å². The summed E-state index contributed by atoms with van der Waals surface area (Å²) in [6, 6.07) is 13.2. The summed E-state index contributed by atoms with van der Waals surface area (Å²) in [5, 5.41) is 6.32. The highest BCUT2D eigenvalue weighted by molar-refractivity contribution is 6.07. The van der Waals surface area contributed by atoms with E-state index in [2.05, 4.69) is 20.6 Å². The first-order valence-electron chi connectivity index (χ1n) is 10.5. The average molecular weight is 418 g/mol. The van der Waals surface area contributed by atoms with Crippen LogP contribution in [0.2, 0.25) is 0 Å². The number of pyridine rings is 1. The van der Waals surface area contributed by atoms with E-state index in [1.165, 1.54) is 0 Å². The van der Waals surface area contributed by atoms with Crippen molar-refractivity contribution in [2.75, 3.05) is 24.7 Å². The van der Waals surface area contributed by atoms with E-state index in [0.717, 1.165) is 46.7 Å². The molecule has 0 spiro atoms. The van der Waals surface area contributed by atoms with Gasteiger partial charge < -0.3 is 15.6 Å². The number of carbonyl (C=O) groups excluding carboxylic acids is 2. The van der Waals surface area contributed by atoms with Crippen LogP contribution in [0.4, 0.5) is 17.2 Å². The lowest BCUT2D eigenvalue weighted by molar-refractivity contribution is -0.119. The third-order valence-electron chi connectivity index (χ3n) is 5.68. The molecule has 1 aliphatic carbocycles. The van der Waals surface area contributed by atoms with Gasteiger partial charge in [0.1, 0.15) is 5.82 Å². The highest BCUT2D eigenvalue weighted by atomic mass is 16.2. The minimum absolute atomic E-state index is 0.127. The van der Waals surface area contributed by atoms with E-state index in [0.29, 0.717) is 12.2 Å². The van der Waals surface area contributed by atoms with Gasteiger partial charge in [0.25, 0.3) is 0 Å². The van der Waals surface area contributed by atoms with Crippen LogP contribution in [0.3, 0.4) is 0 Å². The number of para-hydroxylation sites is 1. The molecule has 3 N–H and O–H groups in total. The van der Waals surface area contributed by atoms with E-state index in [1.54, 1.807) is 6.20 Å². The number of aromatic amines is 1. The van der Waals surface area contributed by atoms with Crippen LogP contribution in [0.1, 0.15) is 35.8 Å². The molecule has 0 bridgehead atoms. The number of hydrogen-bond donors (Lipinski definition) is 3. The van der Waals surface area contributed by atoms with E-state index in [1.807, 2.05) is 68.4 Å². The number of nitrogens with one attached hydrogen (secondary N) is 3. The molecule has 7 heteroatoms. The Kier molecular flexibility index (Phi) is 5.86. The number of ketones is 1. The summed E-state index contributed by atoms with van der Waals surface area (Å²) < 4.78 is 0. The Labute approximate surface area is 181 Å². The molecule has 2 aromatic heterocycles. The molecule has 1 atom stereocenters. The predicted octanol–water partition coefficient (Wildman–Crippen LogP) is 4.23. The second-order valence-electron chi connectivity index (χ2n) is 8.05. The van der Waals surface area contributed by atoms with Crippen LogP contribution in [0.25, 0.3) is 11.3 Å². The van der Waals surface area contributed by atoms with Crippen molar-refractivity contribution in [3.63, 3.8) is 0 Å². The molecule has 0 aliphatic heterocycles. The van der Waals surface area contributed by atoms with E-state index in [9.17, 15) is 9.59 Å². The Morgan fingerprint density at radius 3 is 2.68 bits per heavy atom. The first kappa shape index (κ1) is 20.8. The lowest BCUT2D eigenvalue weighted by Crippen LogP contribution is -2.37. The van der Waals surface area contributed by atoms with Gasteiger partial charge in [-0.25, -0.2) is 4.98 Å². The number of likely N-dealkylation sites (N-methyl/N-ethyl adjacent to an activating group) is 1. The van der Waals surface area contributed by atoms with Crippen molar-refractivity contribution in [1.29, 1.82) is 0 Å². The van der Waals surface area contributed by atoms with Gasteiger partial charge in [0, 0.05) is 29.6 Å². The highest BCUT2D eigenvalue weighted by Gasteiger charge is 2.27. The van der Waals surface area contributed by atoms with Crippen LogP contribution in [-0.2, 0) is 11.2 Å². The number of aryl methyl sites for hydroxylation is 1. The number of nitrogens with zero attached hydrogens (tertiary/aromatic N) is 2. The first-order chi connectivity index (χ1) is 14.9. The molecule has 160 valence electrons. The second-order valence-corrected chi connectivity index (χ2v) is 8.05. The van der Waals surface area contributed by atoms with Crippen LogP contribution in [0.15, 0.2) is 48.7 Å². The summed E-state index contributed by atoms with van der Waals surface area (Å²) in [5.41, 5.74) is 5.04. The van der Waals surface area contributed by atoms with Crippen molar-refractivity contribution >= 4 is 28.9 Å². The molecule has 7 nitrogen and oxygen atoms in total. The summed E-state index contributed by atoms with van der Waals surface area (Å²) in [6.45, 7) is 1.84. The predicted molar refractivity (Wildman–Crippen MR) is 123 cm³/mol. The summed E-state index contributed by atoms with van der Waals surface area (Å²) in [4.78, 5) is 34.8. The topological polar surface area (TPSA) is 90.1 Å². The van der Waals surface area contributed by atoms with Crippen LogP contribution >= 0.6 is 0 Å². The van der Waals surface area contributed by atoms with Crippen molar-refractivity contribution in [3.05, 3.63) is 59.9 Å². The fourth-order valence-corrected chi connectivity index (χ4v) is 3.72. The maximum absolute atomic E-state index is 12.8. The Morgan fingerprint density at radius 2 is 1.94 bits per heavy atom. The third-order valence-corrected chi connectivity index (χ3v) is 5.68. The smallest absolute Gasteiger partial charge is 0.242 e. The van der Waals surface area contributed by atoms with Gasteiger partial charge >= 0.3 is 0 Å². The van der Waals surface area contributed by atoms with Gasteiger partial charge in [-0.2, -0.15) is 0 Å². The Balaban J connectivity index is 1.72. The third kappa shape index (κ3) is 4.36. The van der Waals surface area contributed by atoms with Gasteiger partial charge in [-0.1, -0.05) is 18.2 Å². The number of fused-ring (bicyclic) bond motifs is 1. The molecule has 1 unspecified atom stereocenters. The normalized spacial score (nSPS) is 14.3. The molecule has 1 aromatic carbocycles. The van der Waals surface area contributed by atoms with Crippen molar-refractivity contribution < 1.29 is 9.59 Å². The van der Waals surface area contributed by atoms with Crippen LogP contribution < -0.4 is 10.6 Å². The molecule has 2 heterocycles. The van der Waals surface area contributed by atoms with Crippen LogP contribution in [0, 0.1) is 0 Å². The minimum Gasteiger partial charge on any atom is -0.356 e. The standard InChI is InChI=1S/C24H27N5O2/c1-15(29(2)3)24(31)28-20-14-16(12-13-25-20)22-23(26-17-8-5-4-6-9-17)21-18(27-22)10-7-11-19(21)30/h4-6,8-9,12-15,26-27H,7,10-11H2,1-3H3,(H,25,28,31). The first-order valence-corrected chi connectivity index (χ1v) is 10.5. The number of amides is 1. The summed E-state index contributed by atoms with van der Waals surface area (Å²) in [5.74, 6) is 0.489. The number of H-pyrrole nitrogens is 1. The molecule has 1 amide bonds. The highest BCUT2D eigenvalue weighted by Crippen LogP contribution is 2.39. The maximum Gasteiger partial charge on any atom is 0.242 e. The number of hydrogen-bond acceptors (Lipinski definition) is 5. The summed E-state index contributed by atoms with van der Waals surface area (Å²) >= 11 is 0. The van der Waals surface area contributed by atoms with E-state index in [4.69, 9.17) is 0 Å². The number of aromatic nitrogens is 2. The SMILES string of the molecule is CC(C(=O)Nc1cc(-c2[nH]c3c(c2Nc2ccccc2)C(=O)CCC3)ccn1)N(C)C. The number of benzene rings is 1. The van der Waals surface area contributed by atoms with Crippen molar-refractivity contribution in [2.45, 2.75) is 32.2 Å². The molecule has 0 radical (unpaired) electrons. The molecule has 0 saturated carbocycles. The van der Waals surface area contributed by atoms with Gasteiger partial charge in [-0.15, -0.1) is 0 Å². The fourth-order valence-electron chi connectivity index (χ4n) is 3.72. The Hall–Kier alpha value is -3.45. The van der Waals surface area contributed by atoms with Gasteiger partial charge in [0.05, 0.1) is 23.0 Å². The molecule has 31 heavy (non-hydrogen) atoms. The molecular formula is C24H27N5O2. The van der Waals surface area contributed by atoms with Crippen LogP contribution in [-0.4, -0.2) is 46.7 Å². The molecular weight excluding hydrogens is 390 g/mol. The monoisotopic (exact) mass is 417 g/mol. The zero-order chi connectivity index (χ0) is 22.0.